The molecule has 0 spiro atoms. The van der Waals surface area contributed by atoms with Crippen molar-refractivity contribution in [3.63, 3.8) is 0 Å². The molecular weight excluding hydrogens is 201 g/mol. The van der Waals surface area contributed by atoms with Gasteiger partial charge in [-0.3, -0.25) is 0 Å². The van der Waals surface area contributed by atoms with Crippen molar-refractivity contribution >= 4 is 0 Å². The van der Waals surface area contributed by atoms with E-state index < -0.39 is 6.17 Å². The molecule has 0 rings (SSSR count). The molecule has 0 saturated heterocycles. The van der Waals surface area contributed by atoms with E-state index in [4.69, 9.17) is 5.73 Å². The van der Waals surface area contributed by atoms with Crippen LogP contribution in [-0.2, 0) is 0 Å². The molecule has 0 fully saturated rings. The van der Waals surface area contributed by atoms with E-state index in [9.17, 15) is 4.39 Å². The topological polar surface area (TPSA) is 26.0 Å². The predicted octanol–water partition coefficient (Wildman–Crippen LogP) is 4.14. The predicted molar refractivity (Wildman–Crippen MR) is 70.2 cm³/mol. The van der Waals surface area contributed by atoms with Crippen LogP contribution >= 0.6 is 0 Å². The van der Waals surface area contributed by atoms with Crippen molar-refractivity contribution in [3.8, 4) is 0 Å². The van der Waals surface area contributed by atoms with Crippen LogP contribution in [0.25, 0.3) is 0 Å². The first-order chi connectivity index (χ1) is 7.65. The van der Waals surface area contributed by atoms with Crippen molar-refractivity contribution in [1.29, 1.82) is 0 Å². The molecule has 0 aromatic carbocycles. The number of unbranched alkanes of at least 4 members (excludes halogenated alkanes) is 1. The molecule has 2 N–H and O–H groups in total. The largest absolute Gasteiger partial charge is 0.324 e. The Balaban J connectivity index is 4.40. The Hall–Kier alpha value is -0.630. The van der Waals surface area contributed by atoms with Crippen LogP contribution in [0.5, 0.6) is 0 Å². The highest BCUT2D eigenvalue weighted by Crippen LogP contribution is 2.17. The van der Waals surface area contributed by atoms with Crippen molar-refractivity contribution in [3.05, 3.63) is 23.8 Å². The molecule has 0 aliphatic rings. The summed E-state index contributed by atoms with van der Waals surface area (Å²) in [4.78, 5) is 0. The molecule has 2 atom stereocenters. The second-order valence-electron chi connectivity index (χ2n) is 4.23. The Labute approximate surface area is 99.6 Å². The van der Waals surface area contributed by atoms with E-state index >= 15 is 0 Å². The van der Waals surface area contributed by atoms with Crippen LogP contribution in [0.3, 0.4) is 0 Å². The maximum atomic E-state index is 13.4. The second kappa shape index (κ2) is 9.59. The van der Waals surface area contributed by atoms with Crippen molar-refractivity contribution in [1.82, 2.24) is 0 Å². The molecule has 0 saturated carbocycles. The molecule has 0 aliphatic carbocycles. The third-order valence-corrected chi connectivity index (χ3v) is 2.75. The minimum Gasteiger partial charge on any atom is -0.324 e. The molecule has 0 aromatic rings. The molecule has 0 aromatic heterocycles. The van der Waals surface area contributed by atoms with Crippen molar-refractivity contribution in [2.24, 2.45) is 5.73 Å². The van der Waals surface area contributed by atoms with E-state index in [1.807, 2.05) is 32.1 Å². The van der Waals surface area contributed by atoms with Gasteiger partial charge >= 0.3 is 0 Å². The lowest BCUT2D eigenvalue weighted by Crippen LogP contribution is -2.24. The summed E-state index contributed by atoms with van der Waals surface area (Å²) in [7, 11) is 0. The highest BCUT2D eigenvalue weighted by molar-refractivity contribution is 5.18. The molecule has 2 unspecified atom stereocenters. The molecule has 0 radical (unpaired) electrons. The first-order valence-electron chi connectivity index (χ1n) is 6.37. The summed E-state index contributed by atoms with van der Waals surface area (Å²) in [5, 5.41) is 0. The minimum absolute atomic E-state index is 0.0148. The van der Waals surface area contributed by atoms with E-state index in [1.165, 1.54) is 0 Å². The van der Waals surface area contributed by atoms with E-state index in [1.54, 1.807) is 0 Å². The van der Waals surface area contributed by atoms with E-state index in [-0.39, 0.29) is 6.04 Å². The molecule has 16 heavy (non-hydrogen) atoms. The van der Waals surface area contributed by atoms with Crippen LogP contribution in [0.1, 0.15) is 52.9 Å². The molecule has 0 aliphatic heterocycles. The average molecular weight is 227 g/mol. The van der Waals surface area contributed by atoms with E-state index in [2.05, 4.69) is 6.92 Å². The van der Waals surface area contributed by atoms with Crippen LogP contribution in [-0.4, -0.2) is 12.2 Å². The lowest BCUT2D eigenvalue weighted by molar-refractivity contribution is 0.317. The highest BCUT2D eigenvalue weighted by Gasteiger charge is 2.13. The second-order valence-corrected chi connectivity index (χ2v) is 4.23. The van der Waals surface area contributed by atoms with Crippen molar-refractivity contribution < 1.29 is 4.39 Å². The maximum absolute atomic E-state index is 13.4. The number of halogens is 1. The Morgan fingerprint density at radius 1 is 1.38 bits per heavy atom. The lowest BCUT2D eigenvalue weighted by Gasteiger charge is -2.17. The van der Waals surface area contributed by atoms with Gasteiger partial charge < -0.3 is 5.73 Å². The van der Waals surface area contributed by atoms with E-state index in [0.29, 0.717) is 12.8 Å². The summed E-state index contributed by atoms with van der Waals surface area (Å²) < 4.78 is 13.4. The summed E-state index contributed by atoms with van der Waals surface area (Å²) >= 11 is 0. The van der Waals surface area contributed by atoms with Gasteiger partial charge in [0.05, 0.1) is 0 Å². The van der Waals surface area contributed by atoms with Gasteiger partial charge in [-0.2, -0.15) is 0 Å². The van der Waals surface area contributed by atoms with Gasteiger partial charge in [0.25, 0.3) is 0 Å². The summed E-state index contributed by atoms with van der Waals surface area (Å²) in [6.07, 6.45) is 9.35. The van der Waals surface area contributed by atoms with Crippen LogP contribution in [0.15, 0.2) is 23.8 Å². The molecular formula is C14H26FN. The van der Waals surface area contributed by atoms with Gasteiger partial charge in [-0.05, 0) is 19.8 Å². The molecule has 94 valence electrons. The van der Waals surface area contributed by atoms with Gasteiger partial charge in [0.15, 0.2) is 0 Å². The van der Waals surface area contributed by atoms with Gasteiger partial charge in [0.2, 0.25) is 0 Å². The zero-order chi connectivity index (χ0) is 12.4. The third-order valence-electron chi connectivity index (χ3n) is 2.75. The number of rotatable bonds is 8. The number of alkyl halides is 1. The minimum atomic E-state index is -0.760. The van der Waals surface area contributed by atoms with E-state index in [0.717, 1.165) is 24.8 Å². The lowest BCUT2D eigenvalue weighted by atomic mass is 9.96. The fourth-order valence-electron chi connectivity index (χ4n) is 1.57. The van der Waals surface area contributed by atoms with Gasteiger partial charge in [-0.1, -0.05) is 50.5 Å². The molecule has 1 nitrogen and oxygen atoms in total. The van der Waals surface area contributed by atoms with Gasteiger partial charge in [0, 0.05) is 12.5 Å². The van der Waals surface area contributed by atoms with Gasteiger partial charge in [-0.15, -0.1) is 0 Å². The Morgan fingerprint density at radius 2 is 2.06 bits per heavy atom. The first kappa shape index (κ1) is 15.4. The van der Waals surface area contributed by atoms with Crippen molar-refractivity contribution in [2.45, 2.75) is 65.1 Å². The molecule has 0 bridgehead atoms. The van der Waals surface area contributed by atoms with Gasteiger partial charge in [0.1, 0.15) is 6.17 Å². The van der Waals surface area contributed by atoms with Crippen LogP contribution < -0.4 is 5.73 Å². The molecule has 2 heteroatoms. The smallest absolute Gasteiger partial charge is 0.104 e. The zero-order valence-corrected chi connectivity index (χ0v) is 10.9. The number of hydrogen-bond acceptors (Lipinski definition) is 1. The quantitative estimate of drug-likeness (QED) is 0.619. The zero-order valence-electron chi connectivity index (χ0n) is 10.9. The summed E-state index contributed by atoms with van der Waals surface area (Å²) in [6, 6.07) is 0.0148. The van der Waals surface area contributed by atoms with Crippen LogP contribution in [0.4, 0.5) is 4.39 Å². The molecule has 0 heterocycles. The summed E-state index contributed by atoms with van der Waals surface area (Å²) in [5.74, 6) is 0. The van der Waals surface area contributed by atoms with Gasteiger partial charge in [-0.25, -0.2) is 4.39 Å². The normalized spacial score (nSPS) is 16.7. The SMILES string of the molecule is CC=CC=C(CC(F)CC)C(N)CCCC. The Morgan fingerprint density at radius 3 is 2.56 bits per heavy atom. The Bertz CT molecular complexity index is 221. The summed E-state index contributed by atoms with van der Waals surface area (Å²) in [5.41, 5.74) is 7.12. The Kier molecular flexibility index (Phi) is 9.21. The number of allylic oxidation sites excluding steroid dienone is 3. The number of nitrogens with two attached hydrogens (primary N) is 1. The fourth-order valence-corrected chi connectivity index (χ4v) is 1.57. The monoisotopic (exact) mass is 227 g/mol. The fraction of sp³-hybridized carbons (Fsp3) is 0.714. The summed E-state index contributed by atoms with van der Waals surface area (Å²) in [6.45, 7) is 5.97. The third kappa shape index (κ3) is 6.78. The maximum Gasteiger partial charge on any atom is 0.104 e. The molecule has 0 amide bonds. The van der Waals surface area contributed by atoms with Crippen LogP contribution in [0.2, 0.25) is 0 Å². The van der Waals surface area contributed by atoms with Crippen LogP contribution in [0, 0.1) is 0 Å². The van der Waals surface area contributed by atoms with Crippen molar-refractivity contribution in [2.75, 3.05) is 0 Å². The first-order valence-corrected chi connectivity index (χ1v) is 6.37. The highest BCUT2D eigenvalue weighted by atomic mass is 19.1. The average Bonchev–Trinajstić information content (AvgIpc) is 2.30. The standard InChI is InChI=1S/C14H26FN/c1-4-7-9-12(11-13(15)6-3)14(16)10-8-5-2/h4,7,9,13-14H,5-6,8,10-11,16H2,1-3H3. The number of hydrogen-bond donors (Lipinski definition) is 1.